The lowest BCUT2D eigenvalue weighted by Crippen LogP contribution is -2.26. The summed E-state index contributed by atoms with van der Waals surface area (Å²) >= 11 is 0. The van der Waals surface area contributed by atoms with Crippen LogP contribution in [0.3, 0.4) is 0 Å². The first-order valence-electron chi connectivity index (χ1n) is 9.86. The van der Waals surface area contributed by atoms with Crippen LogP contribution in [0.5, 0.6) is 0 Å². The van der Waals surface area contributed by atoms with E-state index in [1.165, 1.54) is 44.9 Å². The molecule has 0 unspecified atom stereocenters. The average molecular weight is 410 g/mol. The minimum atomic E-state index is -4.74. The van der Waals surface area contributed by atoms with Crippen LogP contribution in [0.15, 0.2) is 0 Å². The van der Waals surface area contributed by atoms with Crippen molar-refractivity contribution in [2.24, 2.45) is 0 Å². The van der Waals surface area contributed by atoms with Gasteiger partial charge in [0.15, 0.2) is 0 Å². The number of esters is 1. The van der Waals surface area contributed by atoms with Crippen molar-refractivity contribution in [3.63, 3.8) is 0 Å². The third-order valence-electron chi connectivity index (χ3n) is 4.11. The van der Waals surface area contributed by atoms with E-state index in [9.17, 15) is 14.2 Å². The predicted octanol–water partition coefficient (Wildman–Crippen LogP) is 4.18. The Morgan fingerprint density at radius 1 is 0.889 bits per heavy atom. The number of phosphoric acid groups is 1. The number of hydrogen-bond acceptors (Lipinski definition) is 5. The summed E-state index contributed by atoms with van der Waals surface area (Å²) in [5.41, 5.74) is 0. The normalized spacial score (nSPS) is 12.7. The maximum atomic E-state index is 11.8. The van der Waals surface area contributed by atoms with Gasteiger partial charge in [-0.1, -0.05) is 71.1 Å². The van der Waals surface area contributed by atoms with Gasteiger partial charge in [-0.05, 0) is 6.42 Å². The second kappa shape index (κ2) is 16.0. The molecule has 3 N–H and O–H groups in total. The Hall–Kier alpha value is -0.950. The monoisotopic (exact) mass is 410 g/mol. The Bertz CT molecular complexity index is 449. The van der Waals surface area contributed by atoms with Crippen molar-refractivity contribution in [1.82, 2.24) is 0 Å². The van der Waals surface area contributed by atoms with Gasteiger partial charge in [0.25, 0.3) is 0 Å². The summed E-state index contributed by atoms with van der Waals surface area (Å²) in [6.07, 6.45) is 11.1. The molecule has 0 spiro atoms. The van der Waals surface area contributed by atoms with E-state index in [0.29, 0.717) is 6.42 Å². The lowest BCUT2D eigenvalue weighted by atomic mass is 10.1. The van der Waals surface area contributed by atoms with Crippen molar-refractivity contribution >= 4 is 19.8 Å². The van der Waals surface area contributed by atoms with Gasteiger partial charge in [-0.2, -0.15) is 0 Å². The molecule has 0 heterocycles. The summed E-state index contributed by atoms with van der Waals surface area (Å²) in [5.74, 6) is -1.82. The number of ether oxygens (including phenoxy) is 1. The highest BCUT2D eigenvalue weighted by Crippen LogP contribution is 2.36. The van der Waals surface area contributed by atoms with E-state index in [4.69, 9.17) is 19.6 Å². The van der Waals surface area contributed by atoms with Crippen LogP contribution in [0.1, 0.15) is 90.4 Å². The molecule has 0 aliphatic rings. The van der Waals surface area contributed by atoms with Gasteiger partial charge in [-0.3, -0.25) is 14.1 Å². The van der Waals surface area contributed by atoms with Crippen molar-refractivity contribution in [3.8, 4) is 0 Å². The first-order chi connectivity index (χ1) is 12.7. The first kappa shape index (κ1) is 26.1. The molecule has 0 saturated carbocycles. The molecule has 8 nitrogen and oxygen atoms in total. The van der Waals surface area contributed by atoms with E-state index < -0.39 is 38.9 Å². The molecule has 1 atom stereocenters. The zero-order chi connectivity index (χ0) is 20.5. The molecule has 9 heteroatoms. The number of carbonyl (C=O) groups excluding carboxylic acids is 1. The topological polar surface area (TPSA) is 130 Å². The van der Waals surface area contributed by atoms with Gasteiger partial charge in [-0.15, -0.1) is 0 Å². The van der Waals surface area contributed by atoms with Gasteiger partial charge >= 0.3 is 19.8 Å². The summed E-state index contributed by atoms with van der Waals surface area (Å²) < 4.78 is 19.9. The number of carboxylic acids is 1. The number of rotatable bonds is 18. The van der Waals surface area contributed by atoms with E-state index >= 15 is 0 Å². The molecular formula is C18H35O8P. The van der Waals surface area contributed by atoms with Gasteiger partial charge in [0.05, 0.1) is 13.0 Å². The fraction of sp³-hybridized carbons (Fsp3) is 0.889. The number of hydrogen-bond donors (Lipinski definition) is 3. The van der Waals surface area contributed by atoms with Crippen molar-refractivity contribution in [2.45, 2.75) is 96.5 Å². The third-order valence-corrected chi connectivity index (χ3v) is 4.60. The third kappa shape index (κ3) is 19.6. The zero-order valence-electron chi connectivity index (χ0n) is 16.3. The lowest BCUT2D eigenvalue weighted by molar-refractivity contribution is -0.155. The number of unbranched alkanes of at least 4 members (excludes halogenated alkanes) is 10. The van der Waals surface area contributed by atoms with Crippen LogP contribution in [-0.2, 0) is 23.4 Å². The molecule has 160 valence electrons. The summed E-state index contributed by atoms with van der Waals surface area (Å²) in [6.45, 7) is 1.55. The molecule has 0 aromatic heterocycles. The average Bonchev–Trinajstić information content (AvgIpc) is 2.56. The SMILES string of the molecule is CCCCCCCCCCCCCC(=O)O[C@H](COP(=O)(O)O)CC(=O)O. The molecule has 0 radical (unpaired) electrons. The molecule has 0 aliphatic heterocycles. The second-order valence-electron chi connectivity index (χ2n) is 6.78. The summed E-state index contributed by atoms with van der Waals surface area (Å²) in [6, 6.07) is 0. The van der Waals surface area contributed by atoms with Crippen LogP contribution >= 0.6 is 7.82 Å². The highest BCUT2D eigenvalue weighted by atomic mass is 31.2. The molecule has 0 aromatic rings. The Morgan fingerprint density at radius 2 is 1.37 bits per heavy atom. The van der Waals surface area contributed by atoms with E-state index in [0.717, 1.165) is 19.3 Å². The Balaban J connectivity index is 3.76. The minimum absolute atomic E-state index is 0.156. The number of carboxylic acid groups (broad SMARTS) is 1. The maximum absolute atomic E-state index is 11.8. The van der Waals surface area contributed by atoms with Crippen LogP contribution in [0.4, 0.5) is 0 Å². The van der Waals surface area contributed by atoms with Crippen LogP contribution in [-0.4, -0.2) is 39.5 Å². The van der Waals surface area contributed by atoms with Crippen LogP contribution in [0.25, 0.3) is 0 Å². The van der Waals surface area contributed by atoms with Gasteiger partial charge in [0.2, 0.25) is 0 Å². The van der Waals surface area contributed by atoms with Gasteiger partial charge in [-0.25, -0.2) is 4.57 Å². The number of aliphatic carboxylic acids is 1. The van der Waals surface area contributed by atoms with E-state index in [1.54, 1.807) is 0 Å². The quantitative estimate of drug-likeness (QED) is 0.174. The highest BCUT2D eigenvalue weighted by molar-refractivity contribution is 7.46. The van der Waals surface area contributed by atoms with E-state index in [-0.39, 0.29) is 6.42 Å². The molecule has 0 amide bonds. The largest absolute Gasteiger partial charge is 0.481 e. The zero-order valence-corrected chi connectivity index (χ0v) is 17.2. The summed E-state index contributed by atoms with van der Waals surface area (Å²) in [7, 11) is -4.74. The predicted molar refractivity (Wildman–Crippen MR) is 101 cm³/mol. The fourth-order valence-corrected chi connectivity index (χ4v) is 3.05. The Kier molecular flexibility index (Phi) is 15.5. The van der Waals surface area contributed by atoms with Crippen LogP contribution < -0.4 is 0 Å². The summed E-state index contributed by atoms with van der Waals surface area (Å²) in [4.78, 5) is 39.8. The fourth-order valence-electron chi connectivity index (χ4n) is 2.69. The van der Waals surface area contributed by atoms with Gasteiger partial charge in [0, 0.05) is 6.42 Å². The molecule has 27 heavy (non-hydrogen) atoms. The Labute approximate surface area is 161 Å². The van der Waals surface area contributed by atoms with Gasteiger partial charge in [0.1, 0.15) is 6.10 Å². The maximum Gasteiger partial charge on any atom is 0.469 e. The van der Waals surface area contributed by atoms with Crippen molar-refractivity contribution in [2.75, 3.05) is 6.61 Å². The van der Waals surface area contributed by atoms with E-state index in [2.05, 4.69) is 11.4 Å². The Morgan fingerprint density at radius 3 is 1.81 bits per heavy atom. The standard InChI is InChI=1S/C18H35O8P/c1-2-3-4-5-6-7-8-9-10-11-12-13-18(21)26-16(14-17(19)20)15-25-27(22,23)24/h16H,2-15H2,1H3,(H,19,20)(H2,22,23,24)/t16-/m0/s1. The summed E-state index contributed by atoms with van der Waals surface area (Å²) in [5, 5.41) is 8.76. The number of phosphoric ester groups is 1. The first-order valence-corrected chi connectivity index (χ1v) is 11.4. The van der Waals surface area contributed by atoms with Crippen molar-refractivity contribution in [3.05, 3.63) is 0 Å². The highest BCUT2D eigenvalue weighted by Gasteiger charge is 2.23. The van der Waals surface area contributed by atoms with Gasteiger partial charge < -0.3 is 19.6 Å². The molecule has 0 bridgehead atoms. The molecule has 0 saturated heterocycles. The van der Waals surface area contributed by atoms with Crippen LogP contribution in [0.2, 0.25) is 0 Å². The minimum Gasteiger partial charge on any atom is -0.481 e. The van der Waals surface area contributed by atoms with E-state index in [1.807, 2.05) is 0 Å². The molecule has 0 fully saturated rings. The lowest BCUT2D eigenvalue weighted by Gasteiger charge is -2.16. The molecule has 0 aromatic carbocycles. The number of carbonyl (C=O) groups is 2. The smallest absolute Gasteiger partial charge is 0.469 e. The van der Waals surface area contributed by atoms with Crippen molar-refractivity contribution in [1.29, 1.82) is 0 Å². The van der Waals surface area contributed by atoms with Crippen molar-refractivity contribution < 1.29 is 38.3 Å². The second-order valence-corrected chi connectivity index (χ2v) is 8.02. The molecular weight excluding hydrogens is 375 g/mol. The molecule has 0 aliphatic carbocycles. The molecule has 0 rings (SSSR count). The van der Waals surface area contributed by atoms with Crippen LogP contribution in [0, 0.1) is 0 Å².